The molecule has 6 nitrogen and oxygen atoms in total. The Bertz CT molecular complexity index is 1010. The summed E-state index contributed by atoms with van der Waals surface area (Å²) in [4.78, 5) is 6.48. The zero-order valence-corrected chi connectivity index (χ0v) is 17.5. The van der Waals surface area contributed by atoms with Crippen molar-refractivity contribution >= 4 is 5.84 Å². The number of rotatable bonds is 4. The molecule has 2 atom stereocenters. The fourth-order valence-electron chi connectivity index (χ4n) is 4.39. The number of alkyl halides is 3. The van der Waals surface area contributed by atoms with E-state index in [4.69, 9.17) is 16.2 Å². The third kappa shape index (κ3) is 4.19. The molecule has 4 rings (SSSR count). The molecule has 2 saturated heterocycles. The van der Waals surface area contributed by atoms with Gasteiger partial charge in [0, 0.05) is 23.0 Å². The molecule has 2 bridgehead atoms. The van der Waals surface area contributed by atoms with Gasteiger partial charge in [0.1, 0.15) is 11.7 Å². The Balaban J connectivity index is 1.63. The van der Waals surface area contributed by atoms with E-state index >= 15 is 0 Å². The van der Waals surface area contributed by atoms with Crippen LogP contribution in [0.5, 0.6) is 0 Å². The summed E-state index contributed by atoms with van der Waals surface area (Å²) in [7, 11) is 0. The van der Waals surface area contributed by atoms with E-state index < -0.39 is 17.6 Å². The summed E-state index contributed by atoms with van der Waals surface area (Å²) < 4.78 is 59.0. The number of amidine groups is 1. The van der Waals surface area contributed by atoms with Crippen molar-refractivity contribution in [2.75, 3.05) is 13.2 Å². The number of fused-ring (bicyclic) bond motifs is 2. The molecule has 1 aromatic carbocycles. The fraction of sp³-hybridized carbons (Fsp3) is 0.409. The molecule has 3 aliphatic heterocycles. The zero-order valence-electron chi connectivity index (χ0n) is 17.5. The van der Waals surface area contributed by atoms with Crippen LogP contribution in [0.25, 0.3) is 0 Å². The van der Waals surface area contributed by atoms with Crippen LogP contribution < -0.4 is 16.8 Å². The predicted octanol–water partition coefficient (Wildman–Crippen LogP) is 3.13. The standard InChI is InChI=1S/C22H25F4N5O/c1-12(27)20-17(7-16(9-29-20)31-14-5-6-15(31)11-32-10-14)21(28)30-8-13-3-2-4-18(19(13)23)22(24,25)26/h2-4,7,9,14-15,29H,5-6,8,10-11,27H2,1H3,(H2,28,30)/b20-12+. The van der Waals surface area contributed by atoms with Gasteiger partial charge in [-0.1, -0.05) is 12.1 Å². The van der Waals surface area contributed by atoms with Gasteiger partial charge in [0.25, 0.3) is 0 Å². The van der Waals surface area contributed by atoms with E-state index in [0.717, 1.165) is 24.6 Å². The number of nitrogens with zero attached hydrogens (tertiary/aromatic N) is 2. The fourth-order valence-corrected chi connectivity index (χ4v) is 4.39. The molecule has 0 aliphatic carbocycles. The van der Waals surface area contributed by atoms with E-state index in [2.05, 4.69) is 15.2 Å². The summed E-state index contributed by atoms with van der Waals surface area (Å²) in [5.74, 6) is -1.29. The molecule has 0 radical (unpaired) electrons. The Morgan fingerprint density at radius 2 is 1.91 bits per heavy atom. The van der Waals surface area contributed by atoms with Crippen LogP contribution in [0, 0.1) is 5.82 Å². The second-order valence-corrected chi connectivity index (χ2v) is 8.14. The molecule has 3 aliphatic rings. The number of allylic oxidation sites excluding steroid dienone is 2. The van der Waals surface area contributed by atoms with Crippen LogP contribution in [0.15, 0.2) is 58.1 Å². The number of benzene rings is 1. The topological polar surface area (TPSA) is 88.9 Å². The molecule has 0 amide bonds. The molecule has 2 unspecified atom stereocenters. The number of morpholine rings is 1. The van der Waals surface area contributed by atoms with Gasteiger partial charge < -0.3 is 26.4 Å². The average molecular weight is 451 g/mol. The number of nitrogens with one attached hydrogen (secondary N) is 1. The highest BCUT2D eigenvalue weighted by Crippen LogP contribution is 2.35. The zero-order chi connectivity index (χ0) is 23.0. The van der Waals surface area contributed by atoms with Gasteiger partial charge in [0.2, 0.25) is 0 Å². The largest absolute Gasteiger partial charge is 0.419 e. The monoisotopic (exact) mass is 451 g/mol. The Labute approximate surface area is 183 Å². The number of nitrogens with two attached hydrogens (primary N) is 2. The van der Waals surface area contributed by atoms with Crippen LogP contribution in [0.3, 0.4) is 0 Å². The van der Waals surface area contributed by atoms with Crippen molar-refractivity contribution in [1.29, 1.82) is 0 Å². The van der Waals surface area contributed by atoms with Crippen LogP contribution in [-0.4, -0.2) is 36.0 Å². The lowest BCUT2D eigenvalue weighted by atomic mass is 10.0. The number of aliphatic imine (C=N–C) groups is 1. The molecular weight excluding hydrogens is 426 g/mol. The molecule has 0 spiro atoms. The maximum Gasteiger partial charge on any atom is 0.419 e. The van der Waals surface area contributed by atoms with Gasteiger partial charge in [-0.05, 0) is 31.9 Å². The molecular formula is C22H25F4N5O. The maximum atomic E-state index is 14.4. The minimum atomic E-state index is -4.78. The van der Waals surface area contributed by atoms with Crippen molar-refractivity contribution in [3.63, 3.8) is 0 Å². The molecule has 5 N–H and O–H groups in total. The lowest BCUT2D eigenvalue weighted by Gasteiger charge is -2.38. The lowest BCUT2D eigenvalue weighted by molar-refractivity contribution is -0.140. The van der Waals surface area contributed by atoms with E-state index in [1.165, 1.54) is 6.07 Å². The quantitative estimate of drug-likeness (QED) is 0.372. The first-order valence-electron chi connectivity index (χ1n) is 10.3. The third-order valence-electron chi connectivity index (χ3n) is 5.94. The van der Waals surface area contributed by atoms with E-state index in [1.807, 2.05) is 12.3 Å². The lowest BCUT2D eigenvalue weighted by Crippen LogP contribution is -2.45. The molecule has 0 saturated carbocycles. The summed E-state index contributed by atoms with van der Waals surface area (Å²) in [5.41, 5.74) is 13.1. The van der Waals surface area contributed by atoms with Crippen molar-refractivity contribution in [1.82, 2.24) is 10.2 Å². The first kappa shape index (κ1) is 22.2. The summed E-state index contributed by atoms with van der Waals surface area (Å²) >= 11 is 0. The minimum absolute atomic E-state index is 0.0559. The first-order chi connectivity index (χ1) is 15.2. The van der Waals surface area contributed by atoms with Gasteiger partial charge in [0.15, 0.2) is 0 Å². The maximum absolute atomic E-state index is 14.4. The number of hydrogen-bond donors (Lipinski definition) is 3. The van der Waals surface area contributed by atoms with Gasteiger partial charge in [-0.25, -0.2) is 4.39 Å². The SMILES string of the molecule is C/C(N)=C1\NC=C(N2C3CCC2COC3)C=C1C(N)=NCc1cccc(C(F)(F)F)c1F. The number of hydrogen-bond acceptors (Lipinski definition) is 5. The van der Waals surface area contributed by atoms with Crippen LogP contribution in [0.4, 0.5) is 17.6 Å². The predicted molar refractivity (Wildman–Crippen MR) is 112 cm³/mol. The van der Waals surface area contributed by atoms with E-state index in [9.17, 15) is 17.6 Å². The molecule has 10 heteroatoms. The van der Waals surface area contributed by atoms with Crippen molar-refractivity contribution in [2.45, 2.75) is 44.6 Å². The van der Waals surface area contributed by atoms with Gasteiger partial charge >= 0.3 is 6.18 Å². The van der Waals surface area contributed by atoms with Crippen molar-refractivity contribution in [3.8, 4) is 0 Å². The van der Waals surface area contributed by atoms with Crippen LogP contribution in [-0.2, 0) is 17.5 Å². The minimum Gasteiger partial charge on any atom is -0.401 e. The van der Waals surface area contributed by atoms with Gasteiger partial charge in [-0.3, -0.25) is 4.99 Å². The first-order valence-corrected chi connectivity index (χ1v) is 10.3. The Morgan fingerprint density at radius 1 is 1.22 bits per heavy atom. The van der Waals surface area contributed by atoms with E-state index in [1.54, 1.807) is 6.92 Å². The summed E-state index contributed by atoms with van der Waals surface area (Å²) in [6.45, 7) is 2.66. The van der Waals surface area contributed by atoms with Crippen LogP contribution in [0.1, 0.15) is 30.9 Å². The number of halogens is 4. The third-order valence-corrected chi connectivity index (χ3v) is 5.94. The molecule has 172 valence electrons. The highest BCUT2D eigenvalue weighted by Gasteiger charge is 2.39. The van der Waals surface area contributed by atoms with Crippen molar-refractivity contribution in [2.24, 2.45) is 16.5 Å². The second kappa shape index (κ2) is 8.50. The van der Waals surface area contributed by atoms with Crippen LogP contribution >= 0.6 is 0 Å². The molecule has 2 fully saturated rings. The Morgan fingerprint density at radius 3 is 2.53 bits per heavy atom. The Kier molecular flexibility index (Phi) is 5.89. The van der Waals surface area contributed by atoms with Crippen LogP contribution in [0.2, 0.25) is 0 Å². The van der Waals surface area contributed by atoms with Gasteiger partial charge in [0.05, 0.1) is 48.8 Å². The van der Waals surface area contributed by atoms with Crippen molar-refractivity contribution < 1.29 is 22.3 Å². The summed E-state index contributed by atoms with van der Waals surface area (Å²) in [6, 6.07) is 3.64. The highest BCUT2D eigenvalue weighted by atomic mass is 19.4. The summed E-state index contributed by atoms with van der Waals surface area (Å²) in [6.07, 6.45) is 0.991. The van der Waals surface area contributed by atoms with Gasteiger partial charge in [-0.15, -0.1) is 0 Å². The Hall–Kier alpha value is -3.01. The van der Waals surface area contributed by atoms with Crippen molar-refractivity contribution in [3.05, 3.63) is 70.1 Å². The molecule has 0 aromatic heterocycles. The van der Waals surface area contributed by atoms with E-state index in [0.29, 0.717) is 36.2 Å². The molecule has 3 heterocycles. The van der Waals surface area contributed by atoms with Gasteiger partial charge in [-0.2, -0.15) is 13.2 Å². The number of dihydropyridines is 1. The average Bonchev–Trinajstić information content (AvgIpc) is 2.99. The second-order valence-electron chi connectivity index (χ2n) is 8.14. The summed E-state index contributed by atoms with van der Waals surface area (Å²) in [5, 5.41) is 3.16. The smallest absolute Gasteiger partial charge is 0.401 e. The van der Waals surface area contributed by atoms with E-state index in [-0.39, 0.29) is 30.0 Å². The number of ether oxygens (including phenoxy) is 1. The highest BCUT2D eigenvalue weighted by molar-refractivity contribution is 6.01. The normalized spacial score (nSPS) is 25.3. The molecule has 1 aromatic rings. The molecule has 32 heavy (non-hydrogen) atoms.